The maximum atomic E-state index is 12.4. The largest absolute Gasteiger partial charge is 0.462 e. The molecule has 1 aliphatic heterocycles. The third-order valence-electron chi connectivity index (χ3n) is 3.63. The Morgan fingerprint density at radius 1 is 1.23 bits per heavy atom. The maximum absolute atomic E-state index is 12.4. The Balaban J connectivity index is 2.28. The van der Waals surface area contributed by atoms with Gasteiger partial charge in [-0.2, -0.15) is 0 Å². The van der Waals surface area contributed by atoms with Crippen LogP contribution in [0.1, 0.15) is 43.9 Å². The van der Waals surface area contributed by atoms with E-state index in [4.69, 9.17) is 4.74 Å². The molecule has 0 saturated heterocycles. The monoisotopic (exact) mass is 302 g/mol. The number of ether oxygens (including phenoxy) is 1. The first-order chi connectivity index (χ1) is 10.5. The van der Waals surface area contributed by atoms with E-state index in [1.807, 2.05) is 38.1 Å². The highest BCUT2D eigenvalue weighted by Gasteiger charge is 2.31. The van der Waals surface area contributed by atoms with E-state index in [9.17, 15) is 9.59 Å². The number of amides is 2. The SMILES string of the molecule is CCCCOC(=O)C1=C(C)NC(=O)N[C@@H]1c1ccc(C)cc1. The molecule has 0 saturated carbocycles. The van der Waals surface area contributed by atoms with Crippen molar-refractivity contribution in [3.63, 3.8) is 0 Å². The van der Waals surface area contributed by atoms with Crippen molar-refractivity contribution in [3.05, 3.63) is 46.7 Å². The van der Waals surface area contributed by atoms with Gasteiger partial charge in [-0.25, -0.2) is 9.59 Å². The van der Waals surface area contributed by atoms with Crippen LogP contribution in [0, 0.1) is 6.92 Å². The predicted molar refractivity (Wildman–Crippen MR) is 84.2 cm³/mol. The lowest BCUT2D eigenvalue weighted by Gasteiger charge is -2.28. The van der Waals surface area contributed by atoms with Crippen LogP contribution in [0.3, 0.4) is 0 Å². The minimum absolute atomic E-state index is 0.312. The van der Waals surface area contributed by atoms with Crippen molar-refractivity contribution < 1.29 is 14.3 Å². The molecule has 0 radical (unpaired) electrons. The average molecular weight is 302 g/mol. The number of carbonyl (C=O) groups is 2. The van der Waals surface area contributed by atoms with E-state index in [1.54, 1.807) is 6.92 Å². The minimum Gasteiger partial charge on any atom is -0.462 e. The average Bonchev–Trinajstić information content (AvgIpc) is 2.47. The summed E-state index contributed by atoms with van der Waals surface area (Å²) >= 11 is 0. The van der Waals surface area contributed by atoms with Crippen molar-refractivity contribution in [1.82, 2.24) is 10.6 Å². The molecule has 1 atom stereocenters. The van der Waals surface area contributed by atoms with Gasteiger partial charge >= 0.3 is 12.0 Å². The Morgan fingerprint density at radius 2 is 1.91 bits per heavy atom. The molecule has 0 spiro atoms. The highest BCUT2D eigenvalue weighted by atomic mass is 16.5. The van der Waals surface area contributed by atoms with Crippen LogP contribution in [0.25, 0.3) is 0 Å². The summed E-state index contributed by atoms with van der Waals surface area (Å²) in [6.07, 6.45) is 1.79. The highest BCUT2D eigenvalue weighted by molar-refractivity contribution is 5.95. The van der Waals surface area contributed by atoms with Crippen LogP contribution in [0.2, 0.25) is 0 Å². The minimum atomic E-state index is -0.483. The van der Waals surface area contributed by atoms with Gasteiger partial charge in [0, 0.05) is 5.70 Å². The summed E-state index contributed by atoms with van der Waals surface area (Å²) in [5.74, 6) is -0.385. The molecule has 2 amide bonds. The standard InChI is InChI=1S/C17H22N2O3/c1-4-5-10-22-16(20)14-12(3)18-17(21)19-15(14)13-8-6-11(2)7-9-13/h6-9,15H,4-5,10H2,1-3H3,(H2,18,19,21)/t15-/m1/s1. The predicted octanol–water partition coefficient (Wildman–Crippen LogP) is 2.97. The summed E-state index contributed by atoms with van der Waals surface area (Å²) in [5, 5.41) is 5.44. The van der Waals surface area contributed by atoms with Gasteiger partial charge in [-0.15, -0.1) is 0 Å². The molecule has 5 heteroatoms. The maximum Gasteiger partial charge on any atom is 0.338 e. The number of urea groups is 1. The molecule has 0 bridgehead atoms. The number of carbonyl (C=O) groups excluding carboxylic acids is 2. The molecule has 2 rings (SSSR count). The van der Waals surface area contributed by atoms with Crippen LogP contribution >= 0.6 is 0 Å². The molecule has 1 heterocycles. The van der Waals surface area contributed by atoms with Crippen molar-refractivity contribution in [1.29, 1.82) is 0 Å². The van der Waals surface area contributed by atoms with E-state index in [1.165, 1.54) is 0 Å². The Kier molecular flexibility index (Phi) is 5.20. The van der Waals surface area contributed by atoms with Gasteiger partial charge < -0.3 is 15.4 Å². The van der Waals surface area contributed by atoms with Gasteiger partial charge in [0.2, 0.25) is 0 Å². The summed E-state index contributed by atoms with van der Waals surface area (Å²) in [4.78, 5) is 24.1. The number of aryl methyl sites for hydroxylation is 1. The van der Waals surface area contributed by atoms with Crippen LogP contribution in [0.5, 0.6) is 0 Å². The van der Waals surface area contributed by atoms with Crippen molar-refractivity contribution in [2.24, 2.45) is 0 Å². The fourth-order valence-electron chi connectivity index (χ4n) is 2.36. The van der Waals surface area contributed by atoms with E-state index >= 15 is 0 Å². The van der Waals surface area contributed by atoms with Crippen molar-refractivity contribution >= 4 is 12.0 Å². The quantitative estimate of drug-likeness (QED) is 0.649. The zero-order valence-corrected chi connectivity index (χ0v) is 13.2. The first-order valence-corrected chi connectivity index (χ1v) is 7.55. The Hall–Kier alpha value is -2.30. The van der Waals surface area contributed by atoms with Gasteiger partial charge in [-0.1, -0.05) is 43.2 Å². The van der Waals surface area contributed by atoms with E-state index in [-0.39, 0.29) is 12.0 Å². The molecule has 22 heavy (non-hydrogen) atoms. The zero-order chi connectivity index (χ0) is 16.1. The van der Waals surface area contributed by atoms with E-state index in [0.717, 1.165) is 24.0 Å². The lowest BCUT2D eigenvalue weighted by molar-refractivity contribution is -0.139. The highest BCUT2D eigenvalue weighted by Crippen LogP contribution is 2.27. The second kappa shape index (κ2) is 7.11. The fourth-order valence-corrected chi connectivity index (χ4v) is 2.36. The van der Waals surface area contributed by atoms with E-state index in [2.05, 4.69) is 10.6 Å². The Labute approximate surface area is 130 Å². The van der Waals surface area contributed by atoms with Gasteiger partial charge in [-0.05, 0) is 25.8 Å². The summed E-state index contributed by atoms with van der Waals surface area (Å²) in [6.45, 7) is 6.14. The molecular weight excluding hydrogens is 280 g/mol. The fraction of sp³-hybridized carbons (Fsp3) is 0.412. The lowest BCUT2D eigenvalue weighted by Crippen LogP contribution is -2.45. The molecule has 0 unspecified atom stereocenters. The van der Waals surface area contributed by atoms with Crippen LogP contribution < -0.4 is 10.6 Å². The summed E-state index contributed by atoms with van der Waals surface area (Å²) in [6, 6.07) is 6.95. The van der Waals surface area contributed by atoms with Gasteiger partial charge in [0.05, 0.1) is 18.2 Å². The van der Waals surface area contributed by atoms with Gasteiger partial charge in [0.25, 0.3) is 0 Å². The Bertz CT molecular complexity index is 590. The number of benzene rings is 1. The molecule has 2 N–H and O–H groups in total. The second-order valence-corrected chi connectivity index (χ2v) is 5.47. The number of unbranched alkanes of at least 4 members (excludes halogenated alkanes) is 1. The number of rotatable bonds is 5. The van der Waals surface area contributed by atoms with Crippen LogP contribution in [0.15, 0.2) is 35.5 Å². The first kappa shape index (κ1) is 16.1. The van der Waals surface area contributed by atoms with Crippen LogP contribution in [-0.2, 0) is 9.53 Å². The van der Waals surface area contributed by atoms with Crippen molar-refractivity contribution in [3.8, 4) is 0 Å². The van der Waals surface area contributed by atoms with Crippen molar-refractivity contribution in [2.45, 2.75) is 39.7 Å². The first-order valence-electron chi connectivity index (χ1n) is 7.55. The molecule has 118 valence electrons. The van der Waals surface area contributed by atoms with E-state index in [0.29, 0.717) is 17.9 Å². The molecule has 1 aliphatic rings. The Morgan fingerprint density at radius 3 is 2.55 bits per heavy atom. The number of nitrogens with one attached hydrogen (secondary N) is 2. The topological polar surface area (TPSA) is 67.4 Å². The molecule has 0 fully saturated rings. The van der Waals surface area contributed by atoms with Gasteiger partial charge in [0.1, 0.15) is 0 Å². The zero-order valence-electron chi connectivity index (χ0n) is 13.2. The number of allylic oxidation sites excluding steroid dienone is 1. The molecule has 5 nitrogen and oxygen atoms in total. The lowest BCUT2D eigenvalue weighted by atomic mass is 9.95. The van der Waals surface area contributed by atoms with Crippen molar-refractivity contribution in [2.75, 3.05) is 6.61 Å². The number of hydrogen-bond donors (Lipinski definition) is 2. The van der Waals surface area contributed by atoms with E-state index < -0.39 is 6.04 Å². The van der Waals surface area contributed by atoms with Gasteiger partial charge in [0.15, 0.2) is 0 Å². The molecule has 1 aromatic rings. The normalized spacial score (nSPS) is 17.8. The molecule has 0 aromatic heterocycles. The van der Waals surface area contributed by atoms with Crippen LogP contribution in [-0.4, -0.2) is 18.6 Å². The molecular formula is C17H22N2O3. The third kappa shape index (κ3) is 3.67. The second-order valence-electron chi connectivity index (χ2n) is 5.47. The molecule has 1 aromatic carbocycles. The summed E-state index contributed by atoms with van der Waals surface area (Å²) in [7, 11) is 0. The summed E-state index contributed by atoms with van der Waals surface area (Å²) in [5.41, 5.74) is 2.98. The van der Waals surface area contributed by atoms with Gasteiger partial charge in [-0.3, -0.25) is 0 Å². The molecule has 0 aliphatic carbocycles. The summed E-state index contributed by atoms with van der Waals surface area (Å²) < 4.78 is 5.31. The number of esters is 1. The van der Waals surface area contributed by atoms with Crippen LogP contribution in [0.4, 0.5) is 4.79 Å². The third-order valence-corrected chi connectivity index (χ3v) is 3.63. The number of hydrogen-bond acceptors (Lipinski definition) is 3. The smallest absolute Gasteiger partial charge is 0.338 e.